The molecule has 1 rings (SSSR count). The minimum atomic E-state index is -0.722. The molecule has 0 bridgehead atoms. The van der Waals surface area contributed by atoms with Crippen LogP contribution in [0.1, 0.15) is 19.8 Å². The van der Waals surface area contributed by atoms with Crippen LogP contribution in [0.25, 0.3) is 0 Å². The van der Waals surface area contributed by atoms with Crippen LogP contribution in [0, 0.1) is 11.3 Å². The van der Waals surface area contributed by atoms with Crippen molar-refractivity contribution in [2.75, 3.05) is 26.7 Å². The van der Waals surface area contributed by atoms with Crippen LogP contribution in [0.4, 0.5) is 0 Å². The van der Waals surface area contributed by atoms with Crippen LogP contribution >= 0.6 is 0 Å². The number of hydrogen-bond acceptors (Lipinski definition) is 4. The molecule has 4 nitrogen and oxygen atoms in total. The van der Waals surface area contributed by atoms with Crippen molar-refractivity contribution in [3.8, 4) is 6.07 Å². The highest BCUT2D eigenvalue weighted by atomic mass is 16.5. The Labute approximate surface area is 85.6 Å². The highest BCUT2D eigenvalue weighted by Gasteiger charge is 2.25. The molecule has 1 aliphatic rings. The normalized spacial score (nSPS) is 24.1. The Bertz CT molecular complexity index is 214. The van der Waals surface area contributed by atoms with Crippen molar-refractivity contribution in [3.05, 3.63) is 0 Å². The summed E-state index contributed by atoms with van der Waals surface area (Å²) in [5.74, 6) is 0. The zero-order chi connectivity index (χ0) is 10.6. The molecule has 1 heterocycles. The van der Waals surface area contributed by atoms with Gasteiger partial charge in [-0.15, -0.1) is 0 Å². The van der Waals surface area contributed by atoms with Crippen LogP contribution in [0.15, 0.2) is 0 Å². The summed E-state index contributed by atoms with van der Waals surface area (Å²) in [6, 6.07) is 2.12. The standard InChI is InChI=1S/C10H19N3O/c1-10(12,7-11)8-13-5-3-9(14-2)4-6-13/h9H,3-6,8,12H2,1-2H3. The van der Waals surface area contributed by atoms with Gasteiger partial charge in [-0.25, -0.2) is 0 Å². The van der Waals surface area contributed by atoms with Crippen molar-refractivity contribution < 1.29 is 4.74 Å². The van der Waals surface area contributed by atoms with E-state index in [4.69, 9.17) is 15.7 Å². The number of rotatable bonds is 3. The first-order valence-corrected chi connectivity index (χ1v) is 5.02. The fourth-order valence-electron chi connectivity index (χ4n) is 1.80. The Hall–Kier alpha value is -0.630. The molecule has 0 amide bonds. The van der Waals surface area contributed by atoms with E-state index in [9.17, 15) is 0 Å². The van der Waals surface area contributed by atoms with Gasteiger partial charge in [0.15, 0.2) is 0 Å². The summed E-state index contributed by atoms with van der Waals surface area (Å²) in [6.07, 6.45) is 2.47. The maximum Gasteiger partial charge on any atom is 0.114 e. The molecule has 0 radical (unpaired) electrons. The number of nitriles is 1. The highest BCUT2D eigenvalue weighted by molar-refractivity contribution is 5.03. The van der Waals surface area contributed by atoms with Gasteiger partial charge in [0.05, 0.1) is 12.2 Å². The molecule has 80 valence electrons. The second-order valence-corrected chi connectivity index (χ2v) is 4.24. The van der Waals surface area contributed by atoms with E-state index in [0.717, 1.165) is 25.9 Å². The molecule has 1 aliphatic heterocycles. The predicted octanol–water partition coefficient (Wildman–Crippen LogP) is 0.338. The molecule has 0 aromatic heterocycles. The number of piperidine rings is 1. The molecule has 0 aromatic rings. The number of likely N-dealkylation sites (tertiary alicyclic amines) is 1. The summed E-state index contributed by atoms with van der Waals surface area (Å²) in [4.78, 5) is 2.23. The summed E-state index contributed by atoms with van der Waals surface area (Å²) in [5.41, 5.74) is 5.06. The molecule has 1 unspecified atom stereocenters. The van der Waals surface area contributed by atoms with Gasteiger partial charge in [0.25, 0.3) is 0 Å². The molecule has 0 aliphatic carbocycles. The van der Waals surface area contributed by atoms with Gasteiger partial charge in [-0.1, -0.05) is 0 Å². The summed E-state index contributed by atoms with van der Waals surface area (Å²) >= 11 is 0. The van der Waals surface area contributed by atoms with E-state index in [0.29, 0.717) is 12.6 Å². The minimum absolute atomic E-state index is 0.386. The van der Waals surface area contributed by atoms with E-state index in [2.05, 4.69) is 11.0 Å². The van der Waals surface area contributed by atoms with Gasteiger partial charge in [-0.05, 0) is 19.8 Å². The maximum atomic E-state index is 8.80. The highest BCUT2D eigenvalue weighted by Crippen LogP contribution is 2.14. The van der Waals surface area contributed by atoms with E-state index in [-0.39, 0.29) is 0 Å². The summed E-state index contributed by atoms with van der Waals surface area (Å²) in [6.45, 7) is 4.38. The van der Waals surface area contributed by atoms with Crippen molar-refractivity contribution in [1.82, 2.24) is 4.90 Å². The second kappa shape index (κ2) is 4.74. The minimum Gasteiger partial charge on any atom is -0.381 e. The van der Waals surface area contributed by atoms with Crippen LogP contribution in [-0.4, -0.2) is 43.3 Å². The molecule has 1 fully saturated rings. The third-order valence-electron chi connectivity index (χ3n) is 2.68. The largest absolute Gasteiger partial charge is 0.381 e. The van der Waals surface area contributed by atoms with Gasteiger partial charge < -0.3 is 15.4 Å². The van der Waals surface area contributed by atoms with Crippen LogP contribution in [0.5, 0.6) is 0 Å². The zero-order valence-electron chi connectivity index (χ0n) is 8.99. The zero-order valence-corrected chi connectivity index (χ0v) is 8.99. The van der Waals surface area contributed by atoms with E-state index in [1.54, 1.807) is 14.0 Å². The first-order valence-electron chi connectivity index (χ1n) is 5.02. The lowest BCUT2D eigenvalue weighted by molar-refractivity contribution is 0.0378. The molecule has 14 heavy (non-hydrogen) atoms. The lowest BCUT2D eigenvalue weighted by Crippen LogP contribution is -2.49. The monoisotopic (exact) mass is 197 g/mol. The first-order chi connectivity index (χ1) is 6.57. The fraction of sp³-hybridized carbons (Fsp3) is 0.900. The predicted molar refractivity (Wildman–Crippen MR) is 54.7 cm³/mol. The molecule has 0 saturated carbocycles. The number of nitrogens with two attached hydrogens (primary N) is 1. The molecule has 0 aromatic carbocycles. The van der Waals surface area contributed by atoms with Gasteiger partial charge in [0, 0.05) is 26.7 Å². The lowest BCUT2D eigenvalue weighted by atomic mass is 10.0. The Kier molecular flexibility index (Phi) is 3.87. The summed E-state index contributed by atoms with van der Waals surface area (Å²) in [7, 11) is 1.75. The van der Waals surface area contributed by atoms with Crippen LogP contribution in [0.2, 0.25) is 0 Å². The van der Waals surface area contributed by atoms with Crippen molar-refractivity contribution in [3.63, 3.8) is 0 Å². The Morgan fingerprint density at radius 3 is 2.57 bits per heavy atom. The Morgan fingerprint density at radius 1 is 1.57 bits per heavy atom. The third-order valence-corrected chi connectivity index (χ3v) is 2.68. The smallest absolute Gasteiger partial charge is 0.114 e. The van der Waals surface area contributed by atoms with Crippen LogP contribution in [0.3, 0.4) is 0 Å². The number of hydrogen-bond donors (Lipinski definition) is 1. The topological polar surface area (TPSA) is 62.3 Å². The number of methoxy groups -OCH3 is 1. The number of nitrogens with zero attached hydrogens (tertiary/aromatic N) is 2. The van der Waals surface area contributed by atoms with Gasteiger partial charge in [0.1, 0.15) is 5.54 Å². The SMILES string of the molecule is COC1CCN(CC(C)(N)C#N)CC1. The quantitative estimate of drug-likeness (QED) is 0.708. The van der Waals surface area contributed by atoms with Gasteiger partial charge in [0.2, 0.25) is 0 Å². The summed E-state index contributed by atoms with van der Waals surface area (Å²) < 4.78 is 5.27. The van der Waals surface area contributed by atoms with Gasteiger partial charge in [-0.3, -0.25) is 0 Å². The van der Waals surface area contributed by atoms with Crippen LogP contribution in [-0.2, 0) is 4.74 Å². The van der Waals surface area contributed by atoms with E-state index in [1.807, 2.05) is 0 Å². The van der Waals surface area contributed by atoms with Crippen molar-refractivity contribution >= 4 is 0 Å². The molecular formula is C10H19N3O. The Balaban J connectivity index is 2.33. The van der Waals surface area contributed by atoms with Crippen molar-refractivity contribution in [2.24, 2.45) is 5.73 Å². The molecule has 1 saturated heterocycles. The number of ether oxygens (including phenoxy) is 1. The maximum absolute atomic E-state index is 8.80. The molecular weight excluding hydrogens is 178 g/mol. The van der Waals surface area contributed by atoms with E-state index >= 15 is 0 Å². The summed E-state index contributed by atoms with van der Waals surface area (Å²) in [5, 5.41) is 8.80. The van der Waals surface area contributed by atoms with E-state index in [1.165, 1.54) is 0 Å². The average molecular weight is 197 g/mol. The van der Waals surface area contributed by atoms with Crippen molar-refractivity contribution in [2.45, 2.75) is 31.4 Å². The van der Waals surface area contributed by atoms with Crippen molar-refractivity contribution in [1.29, 1.82) is 5.26 Å². The van der Waals surface area contributed by atoms with Gasteiger partial charge >= 0.3 is 0 Å². The lowest BCUT2D eigenvalue weighted by Gasteiger charge is -2.34. The molecule has 2 N–H and O–H groups in total. The average Bonchev–Trinajstić information content (AvgIpc) is 2.19. The first kappa shape index (κ1) is 11.4. The van der Waals surface area contributed by atoms with Gasteiger partial charge in [-0.2, -0.15) is 5.26 Å². The van der Waals surface area contributed by atoms with Crippen LogP contribution < -0.4 is 5.73 Å². The Morgan fingerprint density at radius 2 is 2.14 bits per heavy atom. The third kappa shape index (κ3) is 3.26. The molecule has 0 spiro atoms. The van der Waals surface area contributed by atoms with E-state index < -0.39 is 5.54 Å². The second-order valence-electron chi connectivity index (χ2n) is 4.24. The fourth-order valence-corrected chi connectivity index (χ4v) is 1.80. The molecule has 4 heteroatoms. The molecule has 1 atom stereocenters.